The van der Waals surface area contributed by atoms with Crippen molar-refractivity contribution in [2.24, 2.45) is 0 Å². The first-order valence-corrected chi connectivity index (χ1v) is 7.93. The maximum absolute atomic E-state index is 11.9. The molecule has 0 unspecified atom stereocenters. The molecule has 0 spiro atoms. The van der Waals surface area contributed by atoms with E-state index in [2.05, 4.69) is 40.1 Å². The molecule has 0 aliphatic carbocycles. The first-order chi connectivity index (χ1) is 10.1. The lowest BCUT2D eigenvalue weighted by Gasteiger charge is -2.10. The standard InChI is InChI=1S/C16H19BrN2O2/c1-4-11-9-12(17)7-8-13(11)15-10-14(16(20)21-6-3)18-19(15)5-2/h7-10H,4-6H2,1-3H3. The lowest BCUT2D eigenvalue weighted by molar-refractivity contribution is 0.0518. The van der Waals surface area contributed by atoms with E-state index in [0.717, 1.165) is 22.2 Å². The second-order valence-electron chi connectivity index (χ2n) is 4.61. The molecule has 0 saturated heterocycles. The molecule has 0 bridgehead atoms. The summed E-state index contributed by atoms with van der Waals surface area (Å²) < 4.78 is 7.92. The van der Waals surface area contributed by atoms with E-state index in [1.54, 1.807) is 6.92 Å². The molecule has 112 valence electrons. The highest BCUT2D eigenvalue weighted by Gasteiger charge is 2.17. The van der Waals surface area contributed by atoms with E-state index < -0.39 is 0 Å². The summed E-state index contributed by atoms with van der Waals surface area (Å²) in [5.41, 5.74) is 3.63. The van der Waals surface area contributed by atoms with E-state index >= 15 is 0 Å². The molecule has 1 aromatic carbocycles. The van der Waals surface area contributed by atoms with Gasteiger partial charge in [-0.25, -0.2) is 4.79 Å². The fourth-order valence-electron chi connectivity index (χ4n) is 2.28. The molecule has 0 radical (unpaired) electrons. The monoisotopic (exact) mass is 350 g/mol. The Bertz CT molecular complexity index is 650. The second kappa shape index (κ2) is 6.89. The van der Waals surface area contributed by atoms with E-state index in [0.29, 0.717) is 18.8 Å². The van der Waals surface area contributed by atoms with Crippen molar-refractivity contribution in [1.29, 1.82) is 0 Å². The van der Waals surface area contributed by atoms with Crippen LogP contribution < -0.4 is 0 Å². The van der Waals surface area contributed by atoms with Gasteiger partial charge in [-0.15, -0.1) is 0 Å². The van der Waals surface area contributed by atoms with Gasteiger partial charge in [0.2, 0.25) is 0 Å². The van der Waals surface area contributed by atoms with Crippen molar-refractivity contribution < 1.29 is 9.53 Å². The average Bonchev–Trinajstić information content (AvgIpc) is 2.91. The Hall–Kier alpha value is -1.62. The summed E-state index contributed by atoms with van der Waals surface area (Å²) in [5.74, 6) is -0.374. The molecule has 0 aliphatic rings. The lowest BCUT2D eigenvalue weighted by Crippen LogP contribution is -2.07. The normalized spacial score (nSPS) is 10.7. The molecule has 0 amide bonds. The molecule has 4 nitrogen and oxygen atoms in total. The van der Waals surface area contributed by atoms with Crippen molar-refractivity contribution in [3.05, 3.63) is 40.0 Å². The van der Waals surface area contributed by atoms with E-state index in [1.165, 1.54) is 5.56 Å². The lowest BCUT2D eigenvalue weighted by atomic mass is 10.0. The van der Waals surface area contributed by atoms with Gasteiger partial charge in [-0.05, 0) is 44.0 Å². The van der Waals surface area contributed by atoms with Gasteiger partial charge in [0.25, 0.3) is 0 Å². The number of carbonyl (C=O) groups excluding carboxylic acids is 1. The zero-order valence-electron chi connectivity index (χ0n) is 12.5. The number of halogens is 1. The molecule has 1 aromatic heterocycles. The topological polar surface area (TPSA) is 44.1 Å². The summed E-state index contributed by atoms with van der Waals surface area (Å²) in [6.07, 6.45) is 0.915. The van der Waals surface area contributed by atoms with E-state index in [1.807, 2.05) is 23.7 Å². The maximum Gasteiger partial charge on any atom is 0.358 e. The minimum absolute atomic E-state index is 0.353. The van der Waals surface area contributed by atoms with Gasteiger partial charge in [0.05, 0.1) is 12.3 Å². The van der Waals surface area contributed by atoms with Crippen LogP contribution in [0.5, 0.6) is 0 Å². The highest BCUT2D eigenvalue weighted by atomic mass is 79.9. The number of hydrogen-bond acceptors (Lipinski definition) is 3. The van der Waals surface area contributed by atoms with Gasteiger partial charge < -0.3 is 4.74 Å². The van der Waals surface area contributed by atoms with Crippen molar-refractivity contribution >= 4 is 21.9 Å². The van der Waals surface area contributed by atoms with Crippen LogP contribution in [0.25, 0.3) is 11.3 Å². The molecule has 2 aromatic rings. The van der Waals surface area contributed by atoms with Crippen LogP contribution in [0.4, 0.5) is 0 Å². The van der Waals surface area contributed by atoms with Crippen LogP contribution in [0.1, 0.15) is 36.8 Å². The first kappa shape index (κ1) is 15.8. The number of nitrogens with zero attached hydrogens (tertiary/aromatic N) is 2. The number of aromatic nitrogens is 2. The number of carbonyl (C=O) groups is 1. The van der Waals surface area contributed by atoms with E-state index in [4.69, 9.17) is 4.74 Å². The predicted molar refractivity (Wildman–Crippen MR) is 86.4 cm³/mol. The van der Waals surface area contributed by atoms with E-state index in [-0.39, 0.29) is 5.97 Å². The van der Waals surface area contributed by atoms with Crippen molar-refractivity contribution in [1.82, 2.24) is 9.78 Å². The summed E-state index contributed by atoms with van der Waals surface area (Å²) in [4.78, 5) is 11.9. The Labute approximate surface area is 133 Å². The first-order valence-electron chi connectivity index (χ1n) is 7.14. The summed E-state index contributed by atoms with van der Waals surface area (Å²) >= 11 is 3.50. The summed E-state index contributed by atoms with van der Waals surface area (Å²) in [6, 6.07) is 7.98. The molecular formula is C16H19BrN2O2. The van der Waals surface area contributed by atoms with Gasteiger partial charge in [-0.1, -0.05) is 28.9 Å². The third kappa shape index (κ3) is 3.35. The molecule has 21 heavy (non-hydrogen) atoms. The molecule has 0 N–H and O–H groups in total. The Morgan fingerprint density at radius 2 is 2.05 bits per heavy atom. The van der Waals surface area contributed by atoms with Crippen LogP contribution in [-0.4, -0.2) is 22.4 Å². The van der Waals surface area contributed by atoms with Gasteiger partial charge in [-0.2, -0.15) is 5.10 Å². The van der Waals surface area contributed by atoms with E-state index in [9.17, 15) is 4.79 Å². The fraction of sp³-hybridized carbons (Fsp3) is 0.375. The van der Waals surface area contributed by atoms with Crippen LogP contribution in [-0.2, 0) is 17.7 Å². The van der Waals surface area contributed by atoms with Gasteiger partial charge >= 0.3 is 5.97 Å². The highest BCUT2D eigenvalue weighted by molar-refractivity contribution is 9.10. The number of benzene rings is 1. The Balaban J connectivity index is 2.50. The smallest absolute Gasteiger partial charge is 0.358 e. The summed E-state index contributed by atoms with van der Waals surface area (Å²) in [5, 5.41) is 4.35. The molecule has 1 heterocycles. The highest BCUT2D eigenvalue weighted by Crippen LogP contribution is 2.28. The molecule has 2 rings (SSSR count). The van der Waals surface area contributed by atoms with Crippen molar-refractivity contribution in [2.75, 3.05) is 6.61 Å². The fourth-order valence-corrected chi connectivity index (χ4v) is 2.69. The minimum Gasteiger partial charge on any atom is -0.461 e. The van der Waals surface area contributed by atoms with Crippen LogP contribution in [0.2, 0.25) is 0 Å². The molecule has 0 aliphatic heterocycles. The predicted octanol–water partition coefficient (Wildman–Crippen LogP) is 4.07. The Morgan fingerprint density at radius 1 is 1.29 bits per heavy atom. The van der Waals surface area contributed by atoms with Crippen LogP contribution in [0, 0.1) is 0 Å². The van der Waals surface area contributed by atoms with Crippen molar-refractivity contribution in [2.45, 2.75) is 33.7 Å². The zero-order valence-corrected chi connectivity index (χ0v) is 14.1. The number of aryl methyl sites for hydroxylation is 2. The average molecular weight is 351 g/mol. The number of esters is 1. The number of ether oxygens (including phenoxy) is 1. The minimum atomic E-state index is -0.374. The molecule has 0 saturated carbocycles. The third-order valence-corrected chi connectivity index (χ3v) is 3.78. The Morgan fingerprint density at radius 3 is 2.67 bits per heavy atom. The third-order valence-electron chi connectivity index (χ3n) is 3.29. The summed E-state index contributed by atoms with van der Waals surface area (Å²) in [6.45, 7) is 6.97. The van der Waals surface area contributed by atoms with Crippen LogP contribution in [0.3, 0.4) is 0 Å². The largest absolute Gasteiger partial charge is 0.461 e. The van der Waals surface area contributed by atoms with Crippen molar-refractivity contribution in [3.63, 3.8) is 0 Å². The van der Waals surface area contributed by atoms with Gasteiger partial charge in [-0.3, -0.25) is 4.68 Å². The quantitative estimate of drug-likeness (QED) is 0.763. The van der Waals surface area contributed by atoms with Crippen LogP contribution in [0.15, 0.2) is 28.7 Å². The number of hydrogen-bond donors (Lipinski definition) is 0. The number of rotatable bonds is 5. The summed E-state index contributed by atoms with van der Waals surface area (Å²) in [7, 11) is 0. The van der Waals surface area contributed by atoms with Gasteiger partial charge in [0.15, 0.2) is 5.69 Å². The molecule has 0 fully saturated rings. The maximum atomic E-state index is 11.9. The van der Waals surface area contributed by atoms with Crippen LogP contribution >= 0.6 is 15.9 Å². The van der Waals surface area contributed by atoms with Gasteiger partial charge in [0, 0.05) is 16.6 Å². The van der Waals surface area contributed by atoms with Crippen molar-refractivity contribution in [3.8, 4) is 11.3 Å². The zero-order chi connectivity index (χ0) is 15.4. The molecule has 0 atom stereocenters. The SMILES string of the molecule is CCOC(=O)c1cc(-c2ccc(Br)cc2CC)n(CC)n1. The molecule has 5 heteroatoms. The van der Waals surface area contributed by atoms with Gasteiger partial charge in [0.1, 0.15) is 0 Å². The second-order valence-corrected chi connectivity index (χ2v) is 5.52. The Kier molecular flexibility index (Phi) is 5.17. The molecular weight excluding hydrogens is 332 g/mol.